The molecule has 5 heterocycles. The highest BCUT2D eigenvalue weighted by Crippen LogP contribution is 2.37. The van der Waals surface area contributed by atoms with Crippen LogP contribution < -0.4 is 4.90 Å². The van der Waals surface area contributed by atoms with Gasteiger partial charge in [0.1, 0.15) is 0 Å². The molecular weight excluding hydrogens is 288 g/mol. The van der Waals surface area contributed by atoms with Crippen LogP contribution in [-0.2, 0) is 4.74 Å². The number of morpholine rings is 1. The molecule has 4 aliphatic rings. The predicted molar refractivity (Wildman–Crippen MR) is 91.0 cm³/mol. The lowest BCUT2D eigenvalue weighted by Gasteiger charge is -2.44. The summed E-state index contributed by atoms with van der Waals surface area (Å²) in [5.41, 5.74) is 2.61. The fourth-order valence-electron chi connectivity index (χ4n) is 4.52. The summed E-state index contributed by atoms with van der Waals surface area (Å²) >= 11 is 0. The minimum absolute atomic E-state index is 0.551. The number of benzene rings is 1. The van der Waals surface area contributed by atoms with Crippen LogP contribution in [0.15, 0.2) is 24.4 Å². The average Bonchev–Trinajstić information content (AvgIpc) is 3.06. The molecule has 1 aromatic carbocycles. The van der Waals surface area contributed by atoms with E-state index >= 15 is 0 Å². The van der Waals surface area contributed by atoms with E-state index in [1.54, 1.807) is 0 Å². The number of rotatable bonds is 2. The second kappa shape index (κ2) is 5.49. The van der Waals surface area contributed by atoms with Crippen LogP contribution in [0.4, 0.5) is 5.69 Å². The lowest BCUT2D eigenvalue weighted by atomic mass is 9.84. The number of hydrogen-bond donors (Lipinski definition) is 0. The van der Waals surface area contributed by atoms with Gasteiger partial charge in [0, 0.05) is 30.7 Å². The standard InChI is InChI=1S/C18H24N4O/c1-2-16(21-7-9-23-10-8-21)11-17-15(1)12-19-22(17)18-13-20-5-3-14(18)4-6-20/h1-2,11-12,14,18H,3-10,13H2/t18-/m1/s1. The van der Waals surface area contributed by atoms with Gasteiger partial charge in [0.2, 0.25) is 0 Å². The Morgan fingerprint density at radius 2 is 1.87 bits per heavy atom. The SMILES string of the molecule is c1cc2cnn([C@@H]3CN4CCC3CC4)c2cc1N1CCOCC1. The molecule has 4 fully saturated rings. The highest BCUT2D eigenvalue weighted by atomic mass is 16.5. The van der Waals surface area contributed by atoms with Gasteiger partial charge in [-0.25, -0.2) is 0 Å². The Hall–Kier alpha value is -1.59. The Bertz CT molecular complexity index is 698. The van der Waals surface area contributed by atoms with Crippen molar-refractivity contribution in [1.82, 2.24) is 14.7 Å². The Morgan fingerprint density at radius 3 is 2.61 bits per heavy atom. The number of hydrogen-bond acceptors (Lipinski definition) is 4. The van der Waals surface area contributed by atoms with Crippen molar-refractivity contribution in [2.24, 2.45) is 5.92 Å². The van der Waals surface area contributed by atoms with Gasteiger partial charge >= 0.3 is 0 Å². The minimum Gasteiger partial charge on any atom is -0.378 e. The van der Waals surface area contributed by atoms with E-state index in [9.17, 15) is 0 Å². The Morgan fingerprint density at radius 1 is 1.04 bits per heavy atom. The number of fused-ring (bicyclic) bond motifs is 4. The summed E-state index contributed by atoms with van der Waals surface area (Å²) in [6.07, 6.45) is 4.69. The first-order valence-electron chi connectivity index (χ1n) is 8.91. The molecule has 1 aromatic heterocycles. The average molecular weight is 312 g/mol. The zero-order valence-corrected chi connectivity index (χ0v) is 13.5. The number of ether oxygens (including phenoxy) is 1. The zero-order valence-electron chi connectivity index (χ0n) is 13.5. The van der Waals surface area contributed by atoms with Gasteiger partial charge in [-0.05, 0) is 50.0 Å². The maximum absolute atomic E-state index is 5.48. The summed E-state index contributed by atoms with van der Waals surface area (Å²) in [4.78, 5) is 5.03. The van der Waals surface area contributed by atoms with E-state index in [1.165, 1.54) is 49.1 Å². The van der Waals surface area contributed by atoms with Crippen molar-refractivity contribution < 1.29 is 4.74 Å². The summed E-state index contributed by atoms with van der Waals surface area (Å²) in [6, 6.07) is 7.35. The van der Waals surface area contributed by atoms with Crippen molar-refractivity contribution in [3.8, 4) is 0 Å². The smallest absolute Gasteiger partial charge is 0.0707 e. The number of aromatic nitrogens is 2. The lowest BCUT2D eigenvalue weighted by Crippen LogP contribution is -2.48. The summed E-state index contributed by atoms with van der Waals surface area (Å²) < 4.78 is 7.80. The number of anilines is 1. The van der Waals surface area contributed by atoms with Crippen LogP contribution in [0.5, 0.6) is 0 Å². The van der Waals surface area contributed by atoms with Crippen LogP contribution in [0, 0.1) is 5.92 Å². The molecule has 122 valence electrons. The van der Waals surface area contributed by atoms with Crippen molar-refractivity contribution in [2.75, 3.05) is 50.8 Å². The molecule has 0 spiro atoms. The van der Waals surface area contributed by atoms with Gasteiger partial charge in [0.25, 0.3) is 0 Å². The van der Waals surface area contributed by atoms with Crippen molar-refractivity contribution in [1.29, 1.82) is 0 Å². The molecule has 0 radical (unpaired) electrons. The molecule has 0 unspecified atom stereocenters. The fraction of sp³-hybridized carbons (Fsp3) is 0.611. The quantitative estimate of drug-likeness (QED) is 0.851. The molecular formula is C18H24N4O. The fourth-order valence-corrected chi connectivity index (χ4v) is 4.52. The van der Waals surface area contributed by atoms with Crippen LogP contribution in [0.1, 0.15) is 18.9 Å². The van der Waals surface area contributed by atoms with Gasteiger partial charge in [0.15, 0.2) is 0 Å². The Kier molecular flexibility index (Phi) is 3.30. The van der Waals surface area contributed by atoms with Gasteiger partial charge in [-0.1, -0.05) is 0 Å². The van der Waals surface area contributed by atoms with Gasteiger partial charge in [0.05, 0.1) is 31.0 Å². The number of nitrogens with zero attached hydrogens (tertiary/aromatic N) is 4. The summed E-state index contributed by atoms with van der Waals surface area (Å²) in [5, 5.41) is 6.03. The highest BCUT2D eigenvalue weighted by molar-refractivity contribution is 5.82. The monoisotopic (exact) mass is 312 g/mol. The molecule has 0 saturated carbocycles. The molecule has 2 bridgehead atoms. The van der Waals surface area contributed by atoms with E-state index in [0.717, 1.165) is 32.2 Å². The third-order valence-electron chi connectivity index (χ3n) is 5.89. The van der Waals surface area contributed by atoms with Crippen LogP contribution in [-0.4, -0.2) is 60.6 Å². The maximum atomic E-state index is 5.48. The Balaban J connectivity index is 1.51. The maximum Gasteiger partial charge on any atom is 0.0707 e. The normalized spacial score (nSPS) is 31.0. The second-order valence-corrected chi connectivity index (χ2v) is 7.14. The van der Waals surface area contributed by atoms with E-state index in [4.69, 9.17) is 9.84 Å². The van der Waals surface area contributed by atoms with Gasteiger partial charge < -0.3 is 14.5 Å². The minimum atomic E-state index is 0.551. The molecule has 0 aliphatic carbocycles. The van der Waals surface area contributed by atoms with Crippen molar-refractivity contribution in [2.45, 2.75) is 18.9 Å². The van der Waals surface area contributed by atoms with Crippen LogP contribution in [0.3, 0.4) is 0 Å². The molecule has 23 heavy (non-hydrogen) atoms. The van der Waals surface area contributed by atoms with E-state index in [-0.39, 0.29) is 0 Å². The largest absolute Gasteiger partial charge is 0.378 e. The number of piperidine rings is 3. The predicted octanol–water partition coefficient (Wildman–Crippen LogP) is 2.14. The van der Waals surface area contributed by atoms with Crippen molar-refractivity contribution in [3.63, 3.8) is 0 Å². The molecule has 4 aliphatic heterocycles. The first-order valence-corrected chi connectivity index (χ1v) is 8.91. The first kappa shape index (κ1) is 13.8. The van der Waals surface area contributed by atoms with E-state index in [0.29, 0.717) is 6.04 Å². The summed E-state index contributed by atoms with van der Waals surface area (Å²) in [6.45, 7) is 7.36. The third kappa shape index (κ3) is 2.34. The van der Waals surface area contributed by atoms with Crippen molar-refractivity contribution >= 4 is 16.6 Å². The third-order valence-corrected chi connectivity index (χ3v) is 5.89. The van der Waals surface area contributed by atoms with Crippen LogP contribution in [0.2, 0.25) is 0 Å². The van der Waals surface area contributed by atoms with E-state index in [2.05, 4.69) is 32.7 Å². The Labute approximate surface area is 136 Å². The van der Waals surface area contributed by atoms with Gasteiger partial charge in [-0.15, -0.1) is 0 Å². The van der Waals surface area contributed by atoms with E-state index < -0.39 is 0 Å². The molecule has 4 saturated heterocycles. The second-order valence-electron chi connectivity index (χ2n) is 7.14. The highest BCUT2D eigenvalue weighted by Gasteiger charge is 2.36. The van der Waals surface area contributed by atoms with Crippen molar-refractivity contribution in [3.05, 3.63) is 24.4 Å². The molecule has 5 heteroatoms. The zero-order chi connectivity index (χ0) is 15.2. The molecule has 0 N–H and O–H groups in total. The first-order chi connectivity index (χ1) is 11.4. The van der Waals surface area contributed by atoms with Gasteiger partial charge in [-0.2, -0.15) is 5.10 Å². The van der Waals surface area contributed by atoms with Gasteiger partial charge in [-0.3, -0.25) is 4.68 Å². The lowest BCUT2D eigenvalue weighted by molar-refractivity contribution is 0.0534. The van der Waals surface area contributed by atoms with Crippen LogP contribution >= 0.6 is 0 Å². The summed E-state index contributed by atoms with van der Waals surface area (Å²) in [7, 11) is 0. The summed E-state index contributed by atoms with van der Waals surface area (Å²) in [5.74, 6) is 0.801. The molecule has 1 atom stereocenters. The van der Waals surface area contributed by atoms with Crippen LogP contribution in [0.25, 0.3) is 10.9 Å². The molecule has 2 aromatic rings. The molecule has 0 amide bonds. The molecule has 5 nitrogen and oxygen atoms in total. The molecule has 6 rings (SSSR count). The topological polar surface area (TPSA) is 33.5 Å². The van der Waals surface area contributed by atoms with E-state index in [1.807, 2.05) is 6.20 Å².